The predicted octanol–water partition coefficient (Wildman–Crippen LogP) is 2.05. The van der Waals surface area contributed by atoms with E-state index in [1.54, 1.807) is 12.7 Å². The Hall–Kier alpha value is -1.63. The van der Waals surface area contributed by atoms with Crippen molar-refractivity contribution in [3.63, 3.8) is 0 Å². The molecule has 2 unspecified atom stereocenters. The third kappa shape index (κ3) is 6.17. The molecule has 0 aromatic carbocycles. The van der Waals surface area contributed by atoms with Gasteiger partial charge in [0.15, 0.2) is 0 Å². The van der Waals surface area contributed by atoms with Crippen molar-refractivity contribution in [1.29, 1.82) is 0 Å². The highest BCUT2D eigenvalue weighted by atomic mass is 16.6. The minimum Gasteiger partial charge on any atom is -0.444 e. The van der Waals surface area contributed by atoms with E-state index in [2.05, 4.69) is 22.3 Å². The van der Waals surface area contributed by atoms with Crippen molar-refractivity contribution in [2.75, 3.05) is 13.1 Å². The van der Waals surface area contributed by atoms with Crippen LogP contribution in [0.4, 0.5) is 4.79 Å². The predicted molar refractivity (Wildman–Crippen MR) is 88.1 cm³/mol. The number of likely N-dealkylation sites (tertiary alicyclic amines) is 1. The number of carbonyl (C=O) groups is 1. The van der Waals surface area contributed by atoms with Gasteiger partial charge in [0, 0.05) is 25.2 Å². The SMILES string of the molecule is CC(Cn1cncn1)NC1CCCN(C(=O)OC(C)(C)C)CC1. The van der Waals surface area contributed by atoms with Crippen LogP contribution in [0.25, 0.3) is 0 Å². The number of aromatic nitrogens is 3. The molecule has 1 fully saturated rings. The summed E-state index contributed by atoms with van der Waals surface area (Å²) in [5.41, 5.74) is -0.437. The van der Waals surface area contributed by atoms with Gasteiger partial charge in [0.25, 0.3) is 0 Å². The second-order valence-corrected chi connectivity index (χ2v) is 7.28. The number of nitrogens with zero attached hydrogens (tertiary/aromatic N) is 4. The molecule has 2 rings (SSSR count). The maximum atomic E-state index is 12.2. The van der Waals surface area contributed by atoms with Crippen molar-refractivity contribution in [3.8, 4) is 0 Å². The minimum atomic E-state index is -0.437. The zero-order chi connectivity index (χ0) is 16.9. The molecule has 23 heavy (non-hydrogen) atoms. The lowest BCUT2D eigenvalue weighted by atomic mass is 10.1. The van der Waals surface area contributed by atoms with E-state index in [4.69, 9.17) is 4.74 Å². The maximum absolute atomic E-state index is 12.2. The molecule has 0 aliphatic carbocycles. The first-order valence-corrected chi connectivity index (χ1v) is 8.40. The molecule has 0 spiro atoms. The summed E-state index contributed by atoms with van der Waals surface area (Å²) in [6.07, 6.45) is 6.09. The number of carbonyl (C=O) groups excluding carboxylic acids is 1. The van der Waals surface area contributed by atoms with Crippen LogP contribution in [-0.4, -0.2) is 56.5 Å². The Morgan fingerprint density at radius 1 is 1.39 bits per heavy atom. The quantitative estimate of drug-likeness (QED) is 0.918. The first-order valence-electron chi connectivity index (χ1n) is 8.40. The molecule has 7 heteroatoms. The molecule has 7 nitrogen and oxygen atoms in total. The summed E-state index contributed by atoms with van der Waals surface area (Å²) in [5, 5.41) is 7.77. The Labute approximate surface area is 138 Å². The molecule has 2 atom stereocenters. The molecule has 1 N–H and O–H groups in total. The fourth-order valence-electron chi connectivity index (χ4n) is 2.83. The van der Waals surface area contributed by atoms with Crippen LogP contribution in [0, 0.1) is 0 Å². The van der Waals surface area contributed by atoms with E-state index in [9.17, 15) is 4.79 Å². The smallest absolute Gasteiger partial charge is 0.410 e. The Morgan fingerprint density at radius 2 is 2.17 bits per heavy atom. The summed E-state index contributed by atoms with van der Waals surface area (Å²) >= 11 is 0. The normalized spacial score (nSPS) is 20.9. The summed E-state index contributed by atoms with van der Waals surface area (Å²) < 4.78 is 7.30. The van der Waals surface area contributed by atoms with E-state index in [-0.39, 0.29) is 6.09 Å². The second kappa shape index (κ2) is 7.77. The molecule has 0 bridgehead atoms. The van der Waals surface area contributed by atoms with Gasteiger partial charge in [-0.2, -0.15) is 5.10 Å². The molecule has 1 aromatic rings. The first kappa shape index (κ1) is 17.7. The molecular weight excluding hydrogens is 294 g/mol. The average molecular weight is 323 g/mol. The minimum absolute atomic E-state index is 0.200. The molecule has 0 saturated carbocycles. The van der Waals surface area contributed by atoms with Gasteiger partial charge in [-0.3, -0.25) is 4.68 Å². The lowest BCUT2D eigenvalue weighted by Gasteiger charge is -2.26. The number of ether oxygens (including phenoxy) is 1. The van der Waals surface area contributed by atoms with Gasteiger partial charge >= 0.3 is 6.09 Å². The van der Waals surface area contributed by atoms with Gasteiger partial charge in [0.05, 0.1) is 6.54 Å². The third-order valence-electron chi connectivity index (χ3n) is 3.83. The Balaban J connectivity index is 1.78. The third-order valence-corrected chi connectivity index (χ3v) is 3.83. The number of nitrogens with one attached hydrogen (secondary N) is 1. The van der Waals surface area contributed by atoms with Crippen LogP contribution < -0.4 is 5.32 Å². The lowest BCUT2D eigenvalue weighted by Crippen LogP contribution is -2.40. The van der Waals surface area contributed by atoms with Crippen LogP contribution in [0.2, 0.25) is 0 Å². The van der Waals surface area contributed by atoms with Gasteiger partial charge < -0.3 is 15.0 Å². The van der Waals surface area contributed by atoms with Gasteiger partial charge in [-0.15, -0.1) is 0 Å². The maximum Gasteiger partial charge on any atom is 0.410 e. The van der Waals surface area contributed by atoms with Crippen LogP contribution >= 0.6 is 0 Å². The summed E-state index contributed by atoms with van der Waals surface area (Å²) in [6, 6.07) is 0.732. The van der Waals surface area contributed by atoms with Crippen LogP contribution in [0.3, 0.4) is 0 Å². The van der Waals surface area contributed by atoms with Crippen LogP contribution in [0.1, 0.15) is 47.0 Å². The second-order valence-electron chi connectivity index (χ2n) is 7.28. The van der Waals surface area contributed by atoms with E-state index >= 15 is 0 Å². The van der Waals surface area contributed by atoms with Crippen molar-refractivity contribution in [2.45, 2.75) is 71.2 Å². The van der Waals surface area contributed by atoms with Crippen LogP contribution in [0.15, 0.2) is 12.7 Å². The molecule has 1 amide bonds. The lowest BCUT2D eigenvalue weighted by molar-refractivity contribution is 0.0256. The highest BCUT2D eigenvalue weighted by Gasteiger charge is 2.25. The van der Waals surface area contributed by atoms with E-state index in [1.807, 2.05) is 30.4 Å². The number of hydrogen-bond donors (Lipinski definition) is 1. The standard InChI is InChI=1S/C16H29N5O2/c1-13(10-21-12-17-11-18-21)19-14-6-5-8-20(9-7-14)15(22)23-16(2,3)4/h11-14,19H,5-10H2,1-4H3. The van der Waals surface area contributed by atoms with Crippen molar-refractivity contribution in [2.24, 2.45) is 0 Å². The van der Waals surface area contributed by atoms with Crippen molar-refractivity contribution >= 4 is 6.09 Å². The molecule has 0 radical (unpaired) electrons. The fourth-order valence-corrected chi connectivity index (χ4v) is 2.83. The number of rotatable bonds is 4. The molecule has 1 saturated heterocycles. The summed E-state index contributed by atoms with van der Waals surface area (Å²) in [5.74, 6) is 0. The van der Waals surface area contributed by atoms with Crippen LogP contribution in [-0.2, 0) is 11.3 Å². The van der Waals surface area contributed by atoms with Crippen LogP contribution in [0.5, 0.6) is 0 Å². The van der Waals surface area contributed by atoms with Gasteiger partial charge in [0.1, 0.15) is 18.3 Å². The zero-order valence-corrected chi connectivity index (χ0v) is 14.7. The van der Waals surface area contributed by atoms with Gasteiger partial charge in [0.2, 0.25) is 0 Å². The molecule has 130 valence electrons. The highest BCUT2D eigenvalue weighted by Crippen LogP contribution is 2.16. The summed E-state index contributed by atoms with van der Waals surface area (Å²) in [6.45, 7) is 10.2. The van der Waals surface area contributed by atoms with E-state index < -0.39 is 5.60 Å². The molecule has 2 heterocycles. The molecule has 1 aromatic heterocycles. The summed E-state index contributed by atoms with van der Waals surface area (Å²) in [4.78, 5) is 18.0. The molecule has 1 aliphatic heterocycles. The van der Waals surface area contributed by atoms with Gasteiger partial charge in [-0.05, 0) is 47.0 Å². The van der Waals surface area contributed by atoms with Gasteiger partial charge in [-0.25, -0.2) is 9.78 Å². The van der Waals surface area contributed by atoms with E-state index in [1.165, 1.54) is 0 Å². The van der Waals surface area contributed by atoms with Crippen molar-refractivity contribution in [1.82, 2.24) is 25.0 Å². The Kier molecular flexibility index (Phi) is 5.98. The van der Waals surface area contributed by atoms with Gasteiger partial charge in [-0.1, -0.05) is 0 Å². The average Bonchev–Trinajstić information content (AvgIpc) is 2.81. The Bertz CT molecular complexity index is 483. The first-order chi connectivity index (χ1) is 10.8. The van der Waals surface area contributed by atoms with Crippen molar-refractivity contribution < 1.29 is 9.53 Å². The topological polar surface area (TPSA) is 72.3 Å². The largest absolute Gasteiger partial charge is 0.444 e. The number of hydrogen-bond acceptors (Lipinski definition) is 5. The zero-order valence-electron chi connectivity index (χ0n) is 14.7. The molecular formula is C16H29N5O2. The Morgan fingerprint density at radius 3 is 2.83 bits per heavy atom. The van der Waals surface area contributed by atoms with Crippen molar-refractivity contribution in [3.05, 3.63) is 12.7 Å². The highest BCUT2D eigenvalue weighted by molar-refractivity contribution is 5.68. The number of amides is 1. The van der Waals surface area contributed by atoms with E-state index in [0.717, 1.165) is 38.9 Å². The molecule has 1 aliphatic rings. The monoisotopic (exact) mass is 323 g/mol. The van der Waals surface area contributed by atoms with E-state index in [0.29, 0.717) is 12.1 Å². The summed E-state index contributed by atoms with van der Waals surface area (Å²) in [7, 11) is 0. The fraction of sp³-hybridized carbons (Fsp3) is 0.812.